The Bertz CT molecular complexity index is 585. The Morgan fingerprint density at radius 2 is 2.00 bits per heavy atom. The number of rotatable bonds is 3. The summed E-state index contributed by atoms with van der Waals surface area (Å²) in [6, 6.07) is 8.13. The van der Waals surface area contributed by atoms with Gasteiger partial charge in [-0.25, -0.2) is 0 Å². The molecule has 19 heavy (non-hydrogen) atoms. The van der Waals surface area contributed by atoms with Crippen molar-refractivity contribution in [1.82, 2.24) is 15.1 Å². The summed E-state index contributed by atoms with van der Waals surface area (Å²) in [6.07, 6.45) is 0. The number of carbonyl (C=O) groups excluding carboxylic acids is 1. The van der Waals surface area contributed by atoms with Crippen LogP contribution in [0.2, 0.25) is 0 Å². The standard InChI is InChI=1S/C13H14N4OS/c1-2-14-13-16-15-11(19-13)12(18)17-7-9-5-3-4-6-10(9)8-17/h3-6H,2,7-8H2,1H3,(H,14,16). The highest BCUT2D eigenvalue weighted by atomic mass is 32.1. The number of benzene rings is 1. The minimum Gasteiger partial charge on any atom is -0.360 e. The highest BCUT2D eigenvalue weighted by Gasteiger charge is 2.26. The molecule has 0 aliphatic carbocycles. The van der Waals surface area contributed by atoms with Gasteiger partial charge in [-0.1, -0.05) is 35.6 Å². The topological polar surface area (TPSA) is 58.1 Å². The molecule has 0 unspecified atom stereocenters. The molecule has 0 saturated heterocycles. The van der Waals surface area contributed by atoms with Gasteiger partial charge in [-0.05, 0) is 18.1 Å². The molecular formula is C13H14N4OS. The second-order valence-corrected chi connectivity index (χ2v) is 5.35. The molecule has 6 heteroatoms. The van der Waals surface area contributed by atoms with Gasteiger partial charge < -0.3 is 10.2 Å². The van der Waals surface area contributed by atoms with E-state index in [1.807, 2.05) is 19.1 Å². The molecule has 0 bridgehead atoms. The summed E-state index contributed by atoms with van der Waals surface area (Å²) in [7, 11) is 0. The molecule has 2 aromatic rings. The molecule has 1 aliphatic heterocycles. The molecule has 1 aromatic carbocycles. The zero-order valence-corrected chi connectivity index (χ0v) is 11.4. The number of anilines is 1. The summed E-state index contributed by atoms with van der Waals surface area (Å²) in [5.41, 5.74) is 2.43. The summed E-state index contributed by atoms with van der Waals surface area (Å²) >= 11 is 1.31. The van der Waals surface area contributed by atoms with Crippen LogP contribution in [0.3, 0.4) is 0 Å². The average molecular weight is 274 g/mol. The van der Waals surface area contributed by atoms with Crippen LogP contribution in [0.4, 0.5) is 5.13 Å². The number of fused-ring (bicyclic) bond motifs is 1. The second-order valence-electron chi connectivity index (χ2n) is 4.37. The second kappa shape index (κ2) is 4.97. The van der Waals surface area contributed by atoms with Crippen LogP contribution in [-0.2, 0) is 13.1 Å². The summed E-state index contributed by atoms with van der Waals surface area (Å²) in [5.74, 6) is -0.0437. The monoisotopic (exact) mass is 274 g/mol. The first-order chi connectivity index (χ1) is 9.28. The van der Waals surface area contributed by atoms with Gasteiger partial charge in [0.2, 0.25) is 10.1 Å². The van der Waals surface area contributed by atoms with Crippen molar-refractivity contribution in [2.24, 2.45) is 0 Å². The van der Waals surface area contributed by atoms with Gasteiger partial charge in [-0.3, -0.25) is 4.79 Å². The molecule has 0 radical (unpaired) electrons. The van der Waals surface area contributed by atoms with Crippen molar-refractivity contribution in [2.75, 3.05) is 11.9 Å². The number of nitrogens with one attached hydrogen (secondary N) is 1. The van der Waals surface area contributed by atoms with Crippen molar-refractivity contribution in [3.63, 3.8) is 0 Å². The van der Waals surface area contributed by atoms with Crippen molar-refractivity contribution in [3.8, 4) is 0 Å². The Labute approximate surface area is 115 Å². The molecule has 0 fully saturated rings. The van der Waals surface area contributed by atoms with Crippen molar-refractivity contribution in [2.45, 2.75) is 20.0 Å². The summed E-state index contributed by atoms with van der Waals surface area (Å²) in [5, 5.41) is 12.1. The highest BCUT2D eigenvalue weighted by molar-refractivity contribution is 7.17. The molecule has 3 rings (SSSR count). The van der Waals surface area contributed by atoms with Crippen molar-refractivity contribution >= 4 is 22.4 Å². The van der Waals surface area contributed by atoms with E-state index in [1.54, 1.807) is 4.90 Å². The molecule has 98 valence electrons. The normalized spacial score (nSPS) is 13.4. The Kier molecular flexibility index (Phi) is 3.16. The third-order valence-electron chi connectivity index (χ3n) is 3.06. The third-order valence-corrected chi connectivity index (χ3v) is 3.93. The number of hydrogen-bond donors (Lipinski definition) is 1. The van der Waals surface area contributed by atoms with E-state index in [0.717, 1.165) is 6.54 Å². The molecule has 1 aromatic heterocycles. The summed E-state index contributed by atoms with van der Waals surface area (Å²) in [4.78, 5) is 14.1. The van der Waals surface area contributed by atoms with Gasteiger partial charge in [0.15, 0.2) is 0 Å². The van der Waals surface area contributed by atoms with Crippen LogP contribution in [0.5, 0.6) is 0 Å². The van der Waals surface area contributed by atoms with E-state index in [-0.39, 0.29) is 5.91 Å². The van der Waals surface area contributed by atoms with E-state index < -0.39 is 0 Å². The van der Waals surface area contributed by atoms with E-state index in [1.165, 1.54) is 22.5 Å². The summed E-state index contributed by atoms with van der Waals surface area (Å²) in [6.45, 7) is 4.08. The fourth-order valence-electron chi connectivity index (χ4n) is 2.14. The largest absolute Gasteiger partial charge is 0.360 e. The minimum atomic E-state index is -0.0437. The van der Waals surface area contributed by atoms with Crippen LogP contribution < -0.4 is 5.32 Å². The molecule has 0 saturated carbocycles. The van der Waals surface area contributed by atoms with E-state index >= 15 is 0 Å². The van der Waals surface area contributed by atoms with Crippen LogP contribution in [0, 0.1) is 0 Å². The van der Waals surface area contributed by atoms with E-state index in [4.69, 9.17) is 0 Å². The van der Waals surface area contributed by atoms with Crippen LogP contribution in [-0.4, -0.2) is 27.5 Å². The maximum Gasteiger partial charge on any atom is 0.285 e. The first-order valence-corrected chi connectivity index (χ1v) is 7.03. The molecule has 1 aliphatic rings. The van der Waals surface area contributed by atoms with Gasteiger partial charge in [0.05, 0.1) is 0 Å². The molecule has 2 heterocycles. The first-order valence-electron chi connectivity index (χ1n) is 6.21. The first kappa shape index (κ1) is 12.1. The third kappa shape index (κ3) is 2.31. The fourth-order valence-corrected chi connectivity index (χ4v) is 2.92. The van der Waals surface area contributed by atoms with Crippen LogP contribution in [0.1, 0.15) is 27.9 Å². The quantitative estimate of drug-likeness (QED) is 0.931. The number of amides is 1. The molecular weight excluding hydrogens is 260 g/mol. The number of hydrogen-bond acceptors (Lipinski definition) is 5. The zero-order valence-electron chi connectivity index (χ0n) is 10.6. The lowest BCUT2D eigenvalue weighted by atomic mass is 10.1. The van der Waals surface area contributed by atoms with E-state index in [0.29, 0.717) is 23.2 Å². The van der Waals surface area contributed by atoms with Crippen LogP contribution >= 0.6 is 11.3 Å². The van der Waals surface area contributed by atoms with Crippen LogP contribution in [0.15, 0.2) is 24.3 Å². The molecule has 1 N–H and O–H groups in total. The van der Waals surface area contributed by atoms with Gasteiger partial charge in [-0.2, -0.15) is 0 Å². The van der Waals surface area contributed by atoms with Gasteiger partial charge >= 0.3 is 0 Å². The number of aromatic nitrogens is 2. The fraction of sp³-hybridized carbons (Fsp3) is 0.308. The Balaban J connectivity index is 1.75. The Hall–Kier alpha value is -1.95. The van der Waals surface area contributed by atoms with E-state index in [2.05, 4.69) is 27.6 Å². The van der Waals surface area contributed by atoms with Crippen molar-refractivity contribution in [1.29, 1.82) is 0 Å². The maximum atomic E-state index is 12.3. The smallest absolute Gasteiger partial charge is 0.285 e. The highest BCUT2D eigenvalue weighted by Crippen LogP contribution is 2.25. The molecule has 1 amide bonds. The SMILES string of the molecule is CCNc1nnc(C(=O)N2Cc3ccccc3C2)s1. The van der Waals surface area contributed by atoms with Crippen molar-refractivity contribution < 1.29 is 4.79 Å². The summed E-state index contributed by atoms with van der Waals surface area (Å²) < 4.78 is 0. The van der Waals surface area contributed by atoms with Gasteiger partial charge in [-0.15, -0.1) is 10.2 Å². The number of carbonyl (C=O) groups is 1. The van der Waals surface area contributed by atoms with Crippen LogP contribution in [0.25, 0.3) is 0 Å². The average Bonchev–Trinajstić information content (AvgIpc) is 3.04. The maximum absolute atomic E-state index is 12.3. The Morgan fingerprint density at radius 3 is 2.63 bits per heavy atom. The molecule has 0 spiro atoms. The molecule has 0 atom stereocenters. The Morgan fingerprint density at radius 1 is 1.32 bits per heavy atom. The van der Waals surface area contributed by atoms with Crippen molar-refractivity contribution in [3.05, 3.63) is 40.4 Å². The number of nitrogens with zero attached hydrogens (tertiary/aromatic N) is 3. The van der Waals surface area contributed by atoms with Gasteiger partial charge in [0.25, 0.3) is 5.91 Å². The minimum absolute atomic E-state index is 0.0437. The van der Waals surface area contributed by atoms with Gasteiger partial charge in [0.1, 0.15) is 0 Å². The predicted molar refractivity (Wildman–Crippen MR) is 74.1 cm³/mol. The lowest BCUT2D eigenvalue weighted by molar-refractivity contribution is 0.0750. The van der Waals surface area contributed by atoms with E-state index in [9.17, 15) is 4.79 Å². The lowest BCUT2D eigenvalue weighted by Gasteiger charge is -2.12. The predicted octanol–water partition coefficient (Wildman–Crippen LogP) is 2.13. The van der Waals surface area contributed by atoms with Gasteiger partial charge in [0, 0.05) is 19.6 Å². The zero-order chi connectivity index (χ0) is 13.2. The lowest BCUT2D eigenvalue weighted by Crippen LogP contribution is -2.25. The molecule has 5 nitrogen and oxygen atoms in total.